The number of hydrogen-bond donors (Lipinski definition) is 2. The zero-order chi connectivity index (χ0) is 24.8. The number of pyridine rings is 1. The summed E-state index contributed by atoms with van der Waals surface area (Å²) in [5.74, 6) is 1.54. The Bertz CT molecular complexity index is 1230. The molecule has 3 aromatic rings. The van der Waals surface area contributed by atoms with E-state index in [-0.39, 0.29) is 16.7 Å². The number of aromatic nitrogens is 1. The minimum Gasteiger partial charge on any atom is -0.493 e. The summed E-state index contributed by atoms with van der Waals surface area (Å²) < 4.78 is 31.4. The van der Waals surface area contributed by atoms with Gasteiger partial charge in [0.2, 0.25) is 5.91 Å². The monoisotopic (exact) mass is 497 g/mol. The molecular weight excluding hydrogens is 469 g/mol. The van der Waals surface area contributed by atoms with Crippen molar-refractivity contribution in [1.29, 1.82) is 0 Å². The van der Waals surface area contributed by atoms with Crippen molar-refractivity contribution in [3.8, 4) is 23.0 Å². The van der Waals surface area contributed by atoms with E-state index >= 15 is 0 Å². The lowest BCUT2D eigenvalue weighted by Crippen LogP contribution is -2.35. The second-order valence-corrected chi connectivity index (χ2v) is 8.90. The molecule has 1 saturated carbocycles. The first kappa shape index (κ1) is 24.7. The molecule has 9 heteroatoms. The second kappa shape index (κ2) is 11.3. The summed E-state index contributed by atoms with van der Waals surface area (Å²) in [5.41, 5.74) is 0.791. The fourth-order valence-corrected chi connectivity index (χ4v) is 4.53. The highest BCUT2D eigenvalue weighted by Gasteiger charge is 2.18. The average Bonchev–Trinajstić information content (AvgIpc) is 2.85. The Balaban J connectivity index is 1.42. The number of benzene rings is 2. The Labute approximate surface area is 209 Å². The van der Waals surface area contributed by atoms with Crippen LogP contribution in [0.15, 0.2) is 42.6 Å². The topological polar surface area (TPSA) is 81.7 Å². The van der Waals surface area contributed by atoms with Crippen LogP contribution < -0.4 is 24.8 Å². The molecule has 0 radical (unpaired) electrons. The molecule has 0 unspecified atom stereocenters. The van der Waals surface area contributed by atoms with E-state index in [0.717, 1.165) is 25.7 Å². The molecule has 35 heavy (non-hydrogen) atoms. The number of amides is 1. The van der Waals surface area contributed by atoms with Gasteiger partial charge in [-0.2, -0.15) is 0 Å². The van der Waals surface area contributed by atoms with Crippen LogP contribution in [0.5, 0.6) is 23.0 Å². The number of thiocarbonyl (C=S) groups is 1. The van der Waals surface area contributed by atoms with Gasteiger partial charge in [0.1, 0.15) is 17.3 Å². The van der Waals surface area contributed by atoms with E-state index in [9.17, 15) is 9.18 Å². The normalized spacial score (nSPS) is 13.8. The van der Waals surface area contributed by atoms with E-state index in [1.165, 1.54) is 18.6 Å². The molecule has 0 spiro atoms. The van der Waals surface area contributed by atoms with Crippen LogP contribution in [0.2, 0.25) is 0 Å². The van der Waals surface area contributed by atoms with Crippen LogP contribution in [-0.4, -0.2) is 30.2 Å². The Morgan fingerprint density at radius 3 is 2.51 bits per heavy atom. The maximum Gasteiger partial charge on any atom is 0.226 e. The Morgan fingerprint density at radius 1 is 1.06 bits per heavy atom. The van der Waals surface area contributed by atoms with E-state index in [1.54, 1.807) is 44.7 Å². The van der Waals surface area contributed by atoms with Crippen LogP contribution in [-0.2, 0) is 4.79 Å². The maximum atomic E-state index is 14.8. The third kappa shape index (κ3) is 6.16. The predicted molar refractivity (Wildman–Crippen MR) is 137 cm³/mol. The van der Waals surface area contributed by atoms with Crippen molar-refractivity contribution in [2.45, 2.75) is 38.5 Å². The number of halogens is 1. The number of hydrogen-bond acceptors (Lipinski definition) is 6. The highest BCUT2D eigenvalue weighted by molar-refractivity contribution is 7.80. The van der Waals surface area contributed by atoms with Crippen LogP contribution in [0.3, 0.4) is 0 Å². The Kier molecular flexibility index (Phi) is 7.97. The summed E-state index contributed by atoms with van der Waals surface area (Å²) in [6.07, 6.45) is 7.73. The van der Waals surface area contributed by atoms with E-state index in [1.807, 2.05) is 0 Å². The summed E-state index contributed by atoms with van der Waals surface area (Å²) >= 11 is 5.20. The number of anilines is 1. The van der Waals surface area contributed by atoms with Gasteiger partial charge in [0.25, 0.3) is 0 Å². The largest absolute Gasteiger partial charge is 0.493 e. The molecule has 1 fully saturated rings. The molecule has 1 aromatic heterocycles. The number of carbonyl (C=O) groups is 1. The van der Waals surface area contributed by atoms with Gasteiger partial charge in [-0.15, -0.1) is 0 Å². The third-order valence-electron chi connectivity index (χ3n) is 6.08. The molecule has 184 valence electrons. The van der Waals surface area contributed by atoms with Crippen LogP contribution in [0.1, 0.15) is 38.5 Å². The van der Waals surface area contributed by atoms with Crippen molar-refractivity contribution in [2.75, 3.05) is 19.5 Å². The quantitative estimate of drug-likeness (QED) is 0.389. The van der Waals surface area contributed by atoms with E-state index in [2.05, 4.69) is 15.6 Å². The zero-order valence-corrected chi connectivity index (χ0v) is 20.5. The van der Waals surface area contributed by atoms with Crippen LogP contribution in [0.25, 0.3) is 10.9 Å². The summed E-state index contributed by atoms with van der Waals surface area (Å²) in [5, 5.41) is 6.17. The first-order chi connectivity index (χ1) is 17.0. The molecule has 2 aromatic carbocycles. The minimum atomic E-state index is -0.566. The lowest BCUT2D eigenvalue weighted by Gasteiger charge is -2.21. The van der Waals surface area contributed by atoms with E-state index in [0.29, 0.717) is 46.2 Å². The zero-order valence-electron chi connectivity index (χ0n) is 19.7. The molecule has 1 aliphatic rings. The van der Waals surface area contributed by atoms with Crippen molar-refractivity contribution in [1.82, 2.24) is 10.3 Å². The number of methoxy groups -OCH3 is 2. The number of ether oxygens (including phenoxy) is 3. The highest BCUT2D eigenvalue weighted by Crippen LogP contribution is 2.37. The van der Waals surface area contributed by atoms with Crippen molar-refractivity contribution in [3.05, 3.63) is 48.4 Å². The molecular formula is C26H28FN3O4S. The maximum absolute atomic E-state index is 14.8. The second-order valence-electron chi connectivity index (χ2n) is 8.49. The van der Waals surface area contributed by atoms with Crippen LogP contribution >= 0.6 is 12.2 Å². The molecule has 0 saturated heterocycles. The smallest absolute Gasteiger partial charge is 0.226 e. The van der Waals surface area contributed by atoms with Gasteiger partial charge in [-0.05, 0) is 55.2 Å². The van der Waals surface area contributed by atoms with Gasteiger partial charge in [0.15, 0.2) is 16.6 Å². The van der Waals surface area contributed by atoms with Gasteiger partial charge in [-0.3, -0.25) is 9.78 Å². The van der Waals surface area contributed by atoms with Crippen LogP contribution in [0, 0.1) is 11.7 Å². The fourth-order valence-electron chi connectivity index (χ4n) is 4.31. The van der Waals surface area contributed by atoms with Gasteiger partial charge < -0.3 is 24.8 Å². The standard InChI is InChI=1S/C26H28FN3O4S/c1-32-23-14-18-21(15-24(23)33-2)28-11-10-22(18)34-17-8-9-20(19(27)13-17)29-26(35)30-25(31)12-16-6-4-3-5-7-16/h8-11,13-16H,3-7,12H2,1-2H3,(H2,29,30,31,35). The lowest BCUT2D eigenvalue weighted by atomic mass is 9.87. The Hall–Kier alpha value is -3.46. The Morgan fingerprint density at radius 2 is 1.80 bits per heavy atom. The first-order valence-electron chi connectivity index (χ1n) is 11.6. The lowest BCUT2D eigenvalue weighted by molar-refractivity contribution is -0.120. The van der Waals surface area contributed by atoms with Gasteiger partial charge in [-0.1, -0.05) is 19.3 Å². The molecule has 4 rings (SSSR count). The number of rotatable bonds is 7. The summed E-state index contributed by atoms with van der Waals surface area (Å²) in [7, 11) is 3.10. The third-order valence-corrected chi connectivity index (χ3v) is 6.28. The fraction of sp³-hybridized carbons (Fsp3) is 0.346. The van der Waals surface area contributed by atoms with Crippen molar-refractivity contribution in [2.24, 2.45) is 5.92 Å². The first-order valence-corrected chi connectivity index (χ1v) is 12.0. The number of fused-ring (bicyclic) bond motifs is 1. The molecule has 7 nitrogen and oxygen atoms in total. The van der Waals surface area contributed by atoms with Gasteiger partial charge >= 0.3 is 0 Å². The van der Waals surface area contributed by atoms with E-state index < -0.39 is 5.82 Å². The molecule has 0 bridgehead atoms. The van der Waals surface area contributed by atoms with Gasteiger partial charge in [0, 0.05) is 30.1 Å². The van der Waals surface area contributed by atoms with Crippen LogP contribution in [0.4, 0.5) is 10.1 Å². The average molecular weight is 498 g/mol. The predicted octanol–water partition coefficient (Wildman–Crippen LogP) is 5.97. The van der Waals surface area contributed by atoms with Crippen molar-refractivity contribution in [3.63, 3.8) is 0 Å². The summed E-state index contributed by atoms with van der Waals surface area (Å²) in [6, 6.07) is 9.58. The van der Waals surface area contributed by atoms with Gasteiger partial charge in [-0.25, -0.2) is 4.39 Å². The molecule has 1 amide bonds. The van der Waals surface area contributed by atoms with Crippen molar-refractivity contribution >= 4 is 39.8 Å². The molecule has 0 aliphatic heterocycles. The minimum absolute atomic E-state index is 0.0690. The number of carbonyl (C=O) groups excluding carboxylic acids is 1. The molecule has 0 atom stereocenters. The number of nitrogens with zero attached hydrogens (tertiary/aromatic N) is 1. The van der Waals surface area contributed by atoms with E-state index in [4.69, 9.17) is 26.4 Å². The van der Waals surface area contributed by atoms with Crippen molar-refractivity contribution < 1.29 is 23.4 Å². The molecule has 1 aliphatic carbocycles. The number of nitrogens with one attached hydrogen (secondary N) is 2. The summed E-state index contributed by atoms with van der Waals surface area (Å²) in [4.78, 5) is 16.6. The SMILES string of the molecule is COc1cc2nccc(Oc3ccc(NC(=S)NC(=O)CC4CCCCC4)c(F)c3)c2cc1OC. The summed E-state index contributed by atoms with van der Waals surface area (Å²) in [6.45, 7) is 0. The molecule has 1 heterocycles. The highest BCUT2D eigenvalue weighted by atomic mass is 32.1. The molecule has 2 N–H and O–H groups in total. The van der Waals surface area contributed by atoms with Gasteiger partial charge in [0.05, 0.1) is 25.4 Å².